The van der Waals surface area contributed by atoms with Gasteiger partial charge in [0.25, 0.3) is 5.91 Å². The molecule has 3 amide bonds. The lowest BCUT2D eigenvalue weighted by Gasteiger charge is -2.36. The predicted octanol–water partition coefficient (Wildman–Crippen LogP) is 3.48. The number of nitrogens with one attached hydrogen (secondary N) is 1. The molecule has 1 aromatic rings. The summed E-state index contributed by atoms with van der Waals surface area (Å²) in [7, 11) is 0. The highest BCUT2D eigenvalue weighted by molar-refractivity contribution is 6.31. The van der Waals surface area contributed by atoms with Crippen LogP contribution in [0.15, 0.2) is 18.2 Å². The van der Waals surface area contributed by atoms with Crippen molar-refractivity contribution in [3.8, 4) is 0 Å². The second-order valence-corrected chi connectivity index (χ2v) is 6.55. The Morgan fingerprint density at radius 3 is 2.86 bits per heavy atom. The van der Waals surface area contributed by atoms with Crippen molar-refractivity contribution >= 4 is 23.5 Å². The summed E-state index contributed by atoms with van der Waals surface area (Å²) >= 11 is 6.00. The molecule has 2 atom stereocenters. The number of rotatable bonds is 2. The third kappa shape index (κ3) is 2.28. The van der Waals surface area contributed by atoms with Crippen LogP contribution in [0, 0.1) is 11.7 Å². The first-order chi connectivity index (χ1) is 10.5. The van der Waals surface area contributed by atoms with E-state index >= 15 is 0 Å². The lowest BCUT2D eigenvalue weighted by molar-refractivity contribution is -0.134. The van der Waals surface area contributed by atoms with Gasteiger partial charge in [0.05, 0.1) is 6.54 Å². The molecule has 1 spiro atoms. The average Bonchev–Trinajstić information content (AvgIpc) is 2.71. The first-order valence-corrected chi connectivity index (χ1v) is 7.90. The molecule has 1 heterocycles. The van der Waals surface area contributed by atoms with Crippen LogP contribution < -0.4 is 5.32 Å². The monoisotopic (exact) mass is 324 g/mol. The lowest BCUT2D eigenvalue weighted by Crippen LogP contribution is -2.53. The Balaban J connectivity index is 1.89. The molecule has 3 rings (SSSR count). The number of nitrogens with zero attached hydrogens (tertiary/aromatic N) is 1. The number of halogens is 2. The van der Waals surface area contributed by atoms with Gasteiger partial charge in [0.15, 0.2) is 0 Å². The maximum absolute atomic E-state index is 13.9. The smallest absolute Gasteiger partial charge is 0.323 e. The molecule has 22 heavy (non-hydrogen) atoms. The van der Waals surface area contributed by atoms with Crippen molar-refractivity contribution in [2.24, 2.45) is 5.92 Å². The first-order valence-electron chi connectivity index (χ1n) is 7.53. The second-order valence-electron chi connectivity index (χ2n) is 6.14. The minimum atomic E-state index is -0.826. The van der Waals surface area contributed by atoms with Crippen LogP contribution in [0.2, 0.25) is 5.02 Å². The number of benzene rings is 1. The van der Waals surface area contributed by atoms with Crippen LogP contribution in [-0.4, -0.2) is 22.4 Å². The normalized spacial score (nSPS) is 28.3. The largest absolute Gasteiger partial charge is 0.325 e. The minimum absolute atomic E-state index is 0.0822. The second kappa shape index (κ2) is 5.54. The minimum Gasteiger partial charge on any atom is -0.323 e. The highest BCUT2D eigenvalue weighted by atomic mass is 35.5. The average molecular weight is 325 g/mol. The van der Waals surface area contributed by atoms with Crippen molar-refractivity contribution in [1.29, 1.82) is 0 Å². The molecule has 1 aliphatic heterocycles. The fourth-order valence-corrected chi connectivity index (χ4v) is 3.70. The molecule has 1 aromatic carbocycles. The van der Waals surface area contributed by atoms with E-state index < -0.39 is 17.4 Å². The maximum atomic E-state index is 13.9. The molecule has 1 saturated heterocycles. The molecule has 1 aliphatic carbocycles. The number of carbonyl (C=O) groups excluding carboxylic acids is 2. The number of carbonyl (C=O) groups is 2. The van der Waals surface area contributed by atoms with E-state index in [2.05, 4.69) is 5.32 Å². The fourth-order valence-electron chi connectivity index (χ4n) is 3.48. The van der Waals surface area contributed by atoms with Gasteiger partial charge in [0.2, 0.25) is 0 Å². The quantitative estimate of drug-likeness (QED) is 0.847. The van der Waals surface area contributed by atoms with Gasteiger partial charge in [-0.05, 0) is 30.9 Å². The number of hydrogen-bond donors (Lipinski definition) is 1. The predicted molar refractivity (Wildman–Crippen MR) is 80.9 cm³/mol. The Kier molecular flexibility index (Phi) is 3.85. The van der Waals surface area contributed by atoms with Crippen LogP contribution in [-0.2, 0) is 11.3 Å². The van der Waals surface area contributed by atoms with Gasteiger partial charge in [-0.2, -0.15) is 0 Å². The van der Waals surface area contributed by atoms with Crippen LogP contribution in [0.5, 0.6) is 0 Å². The summed E-state index contributed by atoms with van der Waals surface area (Å²) in [5.74, 6) is -0.687. The van der Waals surface area contributed by atoms with Gasteiger partial charge in [-0.1, -0.05) is 37.4 Å². The number of urea groups is 1. The molecule has 2 unspecified atom stereocenters. The molecule has 2 fully saturated rings. The van der Waals surface area contributed by atoms with E-state index in [1.54, 1.807) is 6.07 Å². The molecular formula is C16H18ClFN2O2. The summed E-state index contributed by atoms with van der Waals surface area (Å²) in [6.07, 6.45) is 3.51. The van der Waals surface area contributed by atoms with Crippen molar-refractivity contribution in [1.82, 2.24) is 10.2 Å². The summed E-state index contributed by atoms with van der Waals surface area (Å²) in [4.78, 5) is 26.2. The van der Waals surface area contributed by atoms with E-state index in [0.29, 0.717) is 6.42 Å². The standard InChI is InChI=1S/C16H18ClFN2O2/c1-10-5-2-3-8-16(10)14(21)20(15(22)19-16)9-11-12(17)6-4-7-13(11)18/h4,6-7,10H,2-3,5,8-9H2,1H3,(H,19,22). The van der Waals surface area contributed by atoms with Crippen LogP contribution in [0.1, 0.15) is 38.2 Å². The van der Waals surface area contributed by atoms with Crippen LogP contribution in [0.3, 0.4) is 0 Å². The van der Waals surface area contributed by atoms with E-state index in [1.807, 2.05) is 6.92 Å². The summed E-state index contributed by atoms with van der Waals surface area (Å²) in [5, 5.41) is 3.07. The van der Waals surface area contributed by atoms with Gasteiger partial charge in [0.1, 0.15) is 11.4 Å². The topological polar surface area (TPSA) is 49.4 Å². The molecule has 6 heteroatoms. The number of amides is 3. The van der Waals surface area contributed by atoms with Gasteiger partial charge in [0, 0.05) is 10.6 Å². The van der Waals surface area contributed by atoms with E-state index in [1.165, 1.54) is 12.1 Å². The fraction of sp³-hybridized carbons (Fsp3) is 0.500. The Morgan fingerprint density at radius 1 is 1.41 bits per heavy atom. The van der Waals surface area contributed by atoms with E-state index in [4.69, 9.17) is 11.6 Å². The lowest BCUT2D eigenvalue weighted by atomic mass is 9.73. The molecule has 0 aromatic heterocycles. The highest BCUT2D eigenvalue weighted by Crippen LogP contribution is 2.39. The molecule has 118 valence electrons. The van der Waals surface area contributed by atoms with E-state index in [-0.39, 0.29) is 29.0 Å². The molecule has 1 saturated carbocycles. The Labute approximate surface area is 133 Å². The van der Waals surface area contributed by atoms with Gasteiger partial charge < -0.3 is 5.32 Å². The maximum Gasteiger partial charge on any atom is 0.325 e. The number of imide groups is 1. The Hall–Kier alpha value is -1.62. The SMILES string of the molecule is CC1CCCCC12NC(=O)N(Cc1c(F)cccc1Cl)C2=O. The van der Waals surface area contributed by atoms with Crippen molar-refractivity contribution < 1.29 is 14.0 Å². The molecule has 2 aliphatic rings. The third-order valence-electron chi connectivity index (χ3n) is 4.88. The van der Waals surface area contributed by atoms with E-state index in [9.17, 15) is 14.0 Å². The van der Waals surface area contributed by atoms with Crippen LogP contribution in [0.4, 0.5) is 9.18 Å². The van der Waals surface area contributed by atoms with Crippen molar-refractivity contribution in [2.45, 2.75) is 44.7 Å². The molecule has 4 nitrogen and oxygen atoms in total. The van der Waals surface area contributed by atoms with Gasteiger partial charge in [-0.25, -0.2) is 9.18 Å². The van der Waals surface area contributed by atoms with Crippen LogP contribution in [0.25, 0.3) is 0 Å². The zero-order valence-electron chi connectivity index (χ0n) is 12.4. The van der Waals surface area contributed by atoms with E-state index in [0.717, 1.165) is 24.2 Å². The molecular weight excluding hydrogens is 307 g/mol. The summed E-state index contributed by atoms with van der Waals surface area (Å²) in [6, 6.07) is 3.87. The Bertz CT molecular complexity index is 616. The molecule has 1 N–H and O–H groups in total. The zero-order chi connectivity index (χ0) is 15.9. The first kappa shape index (κ1) is 15.3. The zero-order valence-corrected chi connectivity index (χ0v) is 13.1. The third-order valence-corrected chi connectivity index (χ3v) is 5.23. The summed E-state index contributed by atoms with van der Waals surface area (Å²) in [6.45, 7) is 1.85. The summed E-state index contributed by atoms with van der Waals surface area (Å²) < 4.78 is 13.9. The van der Waals surface area contributed by atoms with Gasteiger partial charge in [-0.15, -0.1) is 0 Å². The van der Waals surface area contributed by atoms with Crippen LogP contribution >= 0.6 is 11.6 Å². The van der Waals surface area contributed by atoms with Crippen molar-refractivity contribution in [3.63, 3.8) is 0 Å². The highest BCUT2D eigenvalue weighted by Gasteiger charge is 2.54. The molecule has 0 bridgehead atoms. The number of hydrogen-bond acceptors (Lipinski definition) is 2. The molecule has 0 radical (unpaired) electrons. The summed E-state index contributed by atoms with van der Waals surface area (Å²) in [5.41, 5.74) is -0.652. The van der Waals surface area contributed by atoms with Crippen molar-refractivity contribution in [3.05, 3.63) is 34.6 Å². The van der Waals surface area contributed by atoms with Gasteiger partial charge >= 0.3 is 6.03 Å². The van der Waals surface area contributed by atoms with Gasteiger partial charge in [-0.3, -0.25) is 9.69 Å². The Morgan fingerprint density at radius 2 is 2.18 bits per heavy atom. The van der Waals surface area contributed by atoms with Crippen molar-refractivity contribution in [2.75, 3.05) is 0 Å².